The summed E-state index contributed by atoms with van der Waals surface area (Å²) < 4.78 is 5.95. The van der Waals surface area contributed by atoms with E-state index in [-0.39, 0.29) is 6.04 Å². The van der Waals surface area contributed by atoms with Crippen LogP contribution in [0.3, 0.4) is 0 Å². The minimum Gasteiger partial charge on any atom is -0.389 e. The largest absolute Gasteiger partial charge is 0.389 e. The summed E-state index contributed by atoms with van der Waals surface area (Å²) in [5.74, 6) is 0. The van der Waals surface area contributed by atoms with Crippen molar-refractivity contribution in [2.45, 2.75) is 31.9 Å². The van der Waals surface area contributed by atoms with Crippen LogP contribution in [0.2, 0.25) is 5.02 Å². The molecule has 0 fully saturated rings. The van der Waals surface area contributed by atoms with Gasteiger partial charge in [-0.1, -0.05) is 33.6 Å². The average Bonchev–Trinajstić information content (AvgIpc) is 2.34. The van der Waals surface area contributed by atoms with E-state index < -0.39 is 5.60 Å². The zero-order chi connectivity index (χ0) is 14.5. The van der Waals surface area contributed by atoms with Gasteiger partial charge >= 0.3 is 0 Å². The second-order valence-electron chi connectivity index (χ2n) is 5.01. The fourth-order valence-electron chi connectivity index (χ4n) is 1.75. The number of aliphatic hydroxyl groups is 1. The Labute approximate surface area is 128 Å². The predicted molar refractivity (Wildman–Crippen MR) is 82.7 cm³/mol. The molecule has 0 heterocycles. The van der Waals surface area contributed by atoms with Gasteiger partial charge in [0.05, 0.1) is 5.60 Å². The lowest BCUT2D eigenvalue weighted by Crippen LogP contribution is -2.39. The second kappa shape index (κ2) is 7.60. The lowest BCUT2D eigenvalue weighted by molar-refractivity contribution is 0.0231. The van der Waals surface area contributed by atoms with Crippen LogP contribution in [0.25, 0.3) is 0 Å². The van der Waals surface area contributed by atoms with E-state index in [4.69, 9.17) is 16.3 Å². The third-order valence-electron chi connectivity index (χ3n) is 3.06. The Balaban J connectivity index is 2.57. The van der Waals surface area contributed by atoms with E-state index in [1.165, 1.54) is 0 Å². The van der Waals surface area contributed by atoms with Crippen molar-refractivity contribution < 1.29 is 9.84 Å². The third kappa shape index (κ3) is 5.79. The highest BCUT2D eigenvalue weighted by Crippen LogP contribution is 2.26. The van der Waals surface area contributed by atoms with Crippen molar-refractivity contribution in [1.29, 1.82) is 0 Å². The van der Waals surface area contributed by atoms with Crippen LogP contribution in [0.4, 0.5) is 0 Å². The van der Waals surface area contributed by atoms with Crippen molar-refractivity contribution >= 4 is 27.5 Å². The van der Waals surface area contributed by atoms with Crippen LogP contribution in [0, 0.1) is 0 Å². The number of rotatable bonds is 7. The number of nitrogens with one attached hydrogen (secondary N) is 1. The smallest absolute Gasteiger partial charge is 0.0765 e. The van der Waals surface area contributed by atoms with Crippen LogP contribution in [0.1, 0.15) is 31.9 Å². The quantitative estimate of drug-likeness (QED) is 0.790. The molecule has 0 saturated carbocycles. The van der Waals surface area contributed by atoms with Crippen LogP contribution in [0.15, 0.2) is 22.7 Å². The lowest BCUT2D eigenvalue weighted by Gasteiger charge is -2.26. The zero-order valence-electron chi connectivity index (χ0n) is 11.5. The first kappa shape index (κ1) is 16.9. The molecule has 1 rings (SSSR count). The van der Waals surface area contributed by atoms with Crippen LogP contribution >= 0.6 is 27.5 Å². The monoisotopic (exact) mass is 349 g/mol. The number of hydrogen-bond donors (Lipinski definition) is 2. The molecule has 1 aromatic rings. The summed E-state index contributed by atoms with van der Waals surface area (Å²) in [7, 11) is 1.63. The van der Waals surface area contributed by atoms with Gasteiger partial charge in [-0.15, -0.1) is 0 Å². The maximum Gasteiger partial charge on any atom is 0.0765 e. The van der Waals surface area contributed by atoms with Gasteiger partial charge in [0.25, 0.3) is 0 Å². The Hall–Kier alpha value is -0.130. The van der Waals surface area contributed by atoms with E-state index in [0.717, 1.165) is 10.0 Å². The molecule has 2 N–H and O–H groups in total. The highest BCUT2D eigenvalue weighted by atomic mass is 79.9. The van der Waals surface area contributed by atoms with Crippen molar-refractivity contribution in [2.75, 3.05) is 20.3 Å². The summed E-state index contributed by atoms with van der Waals surface area (Å²) in [6.45, 7) is 4.86. The van der Waals surface area contributed by atoms with Gasteiger partial charge in [-0.2, -0.15) is 0 Å². The second-order valence-corrected chi connectivity index (χ2v) is 6.33. The van der Waals surface area contributed by atoms with Gasteiger partial charge in [0.15, 0.2) is 0 Å². The summed E-state index contributed by atoms with van der Waals surface area (Å²) >= 11 is 9.59. The van der Waals surface area contributed by atoms with Gasteiger partial charge < -0.3 is 15.2 Å². The number of benzene rings is 1. The zero-order valence-corrected chi connectivity index (χ0v) is 13.9. The Morgan fingerprint density at radius 2 is 2.21 bits per heavy atom. The highest BCUT2D eigenvalue weighted by molar-refractivity contribution is 9.10. The van der Waals surface area contributed by atoms with Crippen molar-refractivity contribution in [2.24, 2.45) is 0 Å². The molecule has 0 aliphatic rings. The molecule has 0 bridgehead atoms. The van der Waals surface area contributed by atoms with Crippen LogP contribution < -0.4 is 5.32 Å². The molecule has 0 radical (unpaired) electrons. The van der Waals surface area contributed by atoms with E-state index in [0.29, 0.717) is 24.6 Å². The van der Waals surface area contributed by atoms with Crippen LogP contribution in [-0.4, -0.2) is 31.0 Å². The molecule has 19 heavy (non-hydrogen) atoms. The number of halogens is 2. The first-order valence-electron chi connectivity index (χ1n) is 6.25. The van der Waals surface area contributed by atoms with Gasteiger partial charge in [-0.05, 0) is 31.5 Å². The molecule has 0 saturated heterocycles. The molecule has 5 heteroatoms. The topological polar surface area (TPSA) is 41.5 Å². The van der Waals surface area contributed by atoms with Crippen molar-refractivity contribution in [3.63, 3.8) is 0 Å². The predicted octanol–water partition coefficient (Wildman–Crippen LogP) is 3.54. The van der Waals surface area contributed by atoms with Crippen molar-refractivity contribution in [3.05, 3.63) is 33.3 Å². The molecular formula is C14H21BrClNO2. The lowest BCUT2D eigenvalue weighted by atomic mass is 10.0. The molecule has 0 amide bonds. The van der Waals surface area contributed by atoms with Crippen molar-refractivity contribution in [3.8, 4) is 0 Å². The molecule has 108 valence electrons. The summed E-state index contributed by atoms with van der Waals surface area (Å²) in [6.07, 6.45) is 0.595. The van der Waals surface area contributed by atoms with E-state index in [9.17, 15) is 5.11 Å². The van der Waals surface area contributed by atoms with Gasteiger partial charge in [0, 0.05) is 42.2 Å². The molecule has 3 nitrogen and oxygen atoms in total. The molecule has 2 unspecified atom stereocenters. The summed E-state index contributed by atoms with van der Waals surface area (Å²) in [5, 5.41) is 14.2. The van der Waals surface area contributed by atoms with Crippen molar-refractivity contribution in [1.82, 2.24) is 5.32 Å². The Bertz CT molecular complexity index is 412. The highest BCUT2D eigenvalue weighted by Gasteiger charge is 2.21. The standard InChI is InChI=1S/C14H21BrClNO2/c1-10(12-5-4-11(15)8-13(12)16)17-9-14(2,18)6-7-19-3/h4-5,8,10,17-18H,6-7,9H2,1-3H3. The SMILES string of the molecule is COCCC(C)(O)CNC(C)c1ccc(Br)cc1Cl. The number of methoxy groups -OCH3 is 1. The van der Waals surface area contributed by atoms with Gasteiger partial charge in [-0.25, -0.2) is 0 Å². The molecule has 1 aromatic carbocycles. The van der Waals surface area contributed by atoms with Crippen LogP contribution in [0.5, 0.6) is 0 Å². The fourth-order valence-corrected chi connectivity index (χ4v) is 2.58. The molecule has 2 atom stereocenters. The maximum atomic E-state index is 10.2. The fraction of sp³-hybridized carbons (Fsp3) is 0.571. The number of ether oxygens (including phenoxy) is 1. The van der Waals surface area contributed by atoms with Gasteiger partial charge in [-0.3, -0.25) is 0 Å². The van der Waals surface area contributed by atoms with E-state index in [1.807, 2.05) is 25.1 Å². The Morgan fingerprint density at radius 1 is 1.53 bits per heavy atom. The van der Waals surface area contributed by atoms with E-state index >= 15 is 0 Å². The first-order chi connectivity index (χ1) is 8.85. The molecule has 0 aliphatic heterocycles. The maximum absolute atomic E-state index is 10.2. The van der Waals surface area contributed by atoms with Crippen LogP contribution in [-0.2, 0) is 4.74 Å². The van der Waals surface area contributed by atoms with Gasteiger partial charge in [0.2, 0.25) is 0 Å². The molecule has 0 aromatic heterocycles. The van der Waals surface area contributed by atoms with E-state index in [1.54, 1.807) is 14.0 Å². The summed E-state index contributed by atoms with van der Waals surface area (Å²) in [5.41, 5.74) is 0.235. The summed E-state index contributed by atoms with van der Waals surface area (Å²) in [6, 6.07) is 5.89. The molecular weight excluding hydrogens is 330 g/mol. The minimum absolute atomic E-state index is 0.0784. The summed E-state index contributed by atoms with van der Waals surface area (Å²) in [4.78, 5) is 0. The van der Waals surface area contributed by atoms with Gasteiger partial charge in [0.1, 0.15) is 0 Å². The average molecular weight is 351 g/mol. The molecule has 0 aliphatic carbocycles. The normalized spacial score (nSPS) is 16.1. The number of hydrogen-bond acceptors (Lipinski definition) is 3. The Morgan fingerprint density at radius 3 is 2.79 bits per heavy atom. The Kier molecular flexibility index (Phi) is 6.77. The third-order valence-corrected chi connectivity index (χ3v) is 3.88. The minimum atomic E-state index is -0.786. The first-order valence-corrected chi connectivity index (χ1v) is 7.42. The molecule has 0 spiro atoms. The van der Waals surface area contributed by atoms with E-state index in [2.05, 4.69) is 21.2 Å².